The van der Waals surface area contributed by atoms with Crippen LogP contribution in [-0.2, 0) is 0 Å². The lowest BCUT2D eigenvalue weighted by molar-refractivity contribution is 0.728. The van der Waals surface area contributed by atoms with E-state index in [9.17, 15) is 0 Å². The van der Waals surface area contributed by atoms with Gasteiger partial charge in [0.15, 0.2) is 0 Å². The molecular weight excluding hydrogens is 132 g/mol. The smallest absolute Gasteiger partial charge is 0.0169 e. The lowest BCUT2D eigenvalue weighted by Crippen LogP contribution is -1.70. The van der Waals surface area contributed by atoms with E-state index in [1.54, 1.807) is 0 Å². The largest absolute Gasteiger partial charge is 0.0914 e. The Labute approximate surface area is 71.0 Å². The summed E-state index contributed by atoms with van der Waals surface area (Å²) in [5, 5.41) is 0. The lowest BCUT2D eigenvalue weighted by Gasteiger charge is -1.90. The van der Waals surface area contributed by atoms with Gasteiger partial charge in [0.25, 0.3) is 0 Å². The topological polar surface area (TPSA) is 0 Å². The van der Waals surface area contributed by atoms with Crippen molar-refractivity contribution in [2.45, 2.75) is 46.0 Å². The number of rotatable bonds is 6. The van der Waals surface area contributed by atoms with Gasteiger partial charge in [-0.25, -0.2) is 0 Å². The molecule has 64 valence electrons. The molecule has 0 heterocycles. The number of unbranched alkanes of at least 4 members (excludes halogenated alkanes) is 3. The monoisotopic (exact) mass is 152 g/mol. The van der Waals surface area contributed by atoms with Crippen molar-refractivity contribution in [3.8, 4) is 0 Å². The fraction of sp³-hybridized carbons (Fsp3) is 0.636. The maximum absolute atomic E-state index is 2.29. The van der Waals surface area contributed by atoms with Crippen LogP contribution in [0, 0.1) is 0 Å². The molecule has 0 saturated carbocycles. The van der Waals surface area contributed by atoms with E-state index in [1.807, 2.05) is 0 Å². The maximum atomic E-state index is 2.29. The van der Waals surface area contributed by atoms with Gasteiger partial charge in [-0.15, -0.1) is 0 Å². The van der Waals surface area contributed by atoms with Gasteiger partial charge in [0.05, 0.1) is 0 Å². The third kappa shape index (κ3) is 9.48. The third-order valence-corrected chi connectivity index (χ3v) is 1.65. The Morgan fingerprint density at radius 1 is 1.00 bits per heavy atom. The highest BCUT2D eigenvalue weighted by molar-refractivity contribution is 4.90. The molecule has 0 radical (unpaired) electrons. The first kappa shape index (κ1) is 10.5. The average molecular weight is 152 g/mol. The van der Waals surface area contributed by atoms with Crippen molar-refractivity contribution >= 4 is 0 Å². The SMILES string of the molecule is C/C=C/C/C=C/CCCCC. The van der Waals surface area contributed by atoms with Crippen LogP contribution in [0.1, 0.15) is 46.0 Å². The van der Waals surface area contributed by atoms with Crippen LogP contribution in [-0.4, -0.2) is 0 Å². The molecule has 0 spiro atoms. The van der Waals surface area contributed by atoms with Crippen molar-refractivity contribution in [2.75, 3.05) is 0 Å². The molecular formula is C11H20. The molecule has 0 aromatic heterocycles. The molecule has 0 aliphatic heterocycles. The molecule has 0 heteroatoms. The molecule has 0 unspecified atom stereocenters. The molecule has 0 rings (SSSR count). The van der Waals surface area contributed by atoms with Gasteiger partial charge in [-0.1, -0.05) is 44.1 Å². The van der Waals surface area contributed by atoms with Crippen LogP contribution in [0.3, 0.4) is 0 Å². The summed E-state index contributed by atoms with van der Waals surface area (Å²) in [5.41, 5.74) is 0. The van der Waals surface area contributed by atoms with Crippen molar-refractivity contribution < 1.29 is 0 Å². The van der Waals surface area contributed by atoms with Crippen LogP contribution in [0.25, 0.3) is 0 Å². The molecule has 0 aliphatic carbocycles. The standard InChI is InChI=1S/C11H20/c1-3-5-7-9-11-10-8-6-4-2/h3,5,9,11H,4,6-8,10H2,1-2H3/b5-3+,11-9+. The van der Waals surface area contributed by atoms with Crippen LogP contribution in [0.4, 0.5) is 0 Å². The third-order valence-electron chi connectivity index (χ3n) is 1.65. The van der Waals surface area contributed by atoms with Crippen LogP contribution >= 0.6 is 0 Å². The second kappa shape index (κ2) is 9.48. The minimum absolute atomic E-state index is 1.10. The molecule has 0 amide bonds. The summed E-state index contributed by atoms with van der Waals surface area (Å²) in [6, 6.07) is 0. The zero-order chi connectivity index (χ0) is 8.36. The highest BCUT2D eigenvalue weighted by atomic mass is 13.9. The molecule has 11 heavy (non-hydrogen) atoms. The molecule has 0 saturated heterocycles. The maximum Gasteiger partial charge on any atom is -0.0169 e. The Morgan fingerprint density at radius 3 is 2.45 bits per heavy atom. The minimum Gasteiger partial charge on any atom is -0.0914 e. The average Bonchev–Trinajstić information content (AvgIpc) is 2.03. The molecule has 0 aliphatic rings. The number of allylic oxidation sites excluding steroid dienone is 4. The fourth-order valence-corrected chi connectivity index (χ4v) is 0.941. The summed E-state index contributed by atoms with van der Waals surface area (Å²) in [7, 11) is 0. The number of hydrogen-bond acceptors (Lipinski definition) is 0. The molecule has 0 bridgehead atoms. The minimum atomic E-state index is 1.10. The van der Waals surface area contributed by atoms with Crippen molar-refractivity contribution in [1.82, 2.24) is 0 Å². The zero-order valence-corrected chi connectivity index (χ0v) is 7.84. The van der Waals surface area contributed by atoms with Crippen molar-refractivity contribution in [1.29, 1.82) is 0 Å². The molecule has 0 atom stereocenters. The van der Waals surface area contributed by atoms with Crippen molar-refractivity contribution in [3.63, 3.8) is 0 Å². The Morgan fingerprint density at radius 2 is 1.82 bits per heavy atom. The summed E-state index contributed by atoms with van der Waals surface area (Å²) in [4.78, 5) is 0. The molecule has 0 fully saturated rings. The highest BCUT2D eigenvalue weighted by Crippen LogP contribution is 2.00. The van der Waals surface area contributed by atoms with E-state index in [4.69, 9.17) is 0 Å². The Kier molecular flexibility index (Phi) is 9.03. The van der Waals surface area contributed by atoms with Gasteiger partial charge >= 0.3 is 0 Å². The molecule has 0 nitrogen and oxygen atoms in total. The Bertz CT molecular complexity index is 109. The summed E-state index contributed by atoms with van der Waals surface area (Å²) < 4.78 is 0. The lowest BCUT2D eigenvalue weighted by atomic mass is 10.2. The second-order valence-corrected chi connectivity index (χ2v) is 2.77. The van der Waals surface area contributed by atoms with E-state index >= 15 is 0 Å². The summed E-state index contributed by atoms with van der Waals surface area (Å²) in [6.07, 6.45) is 15.2. The van der Waals surface area contributed by atoms with E-state index in [1.165, 1.54) is 25.7 Å². The molecule has 0 aromatic rings. The Balaban J connectivity index is 3.03. The van der Waals surface area contributed by atoms with E-state index < -0.39 is 0 Å². The highest BCUT2D eigenvalue weighted by Gasteiger charge is 1.79. The van der Waals surface area contributed by atoms with E-state index in [0.717, 1.165) is 6.42 Å². The van der Waals surface area contributed by atoms with Gasteiger partial charge in [0, 0.05) is 0 Å². The normalized spacial score (nSPS) is 11.8. The van der Waals surface area contributed by atoms with E-state index in [0.29, 0.717) is 0 Å². The van der Waals surface area contributed by atoms with E-state index in [-0.39, 0.29) is 0 Å². The fourth-order valence-electron chi connectivity index (χ4n) is 0.941. The van der Waals surface area contributed by atoms with Gasteiger partial charge in [-0.2, -0.15) is 0 Å². The number of hydrogen-bond donors (Lipinski definition) is 0. The van der Waals surface area contributed by atoms with Gasteiger partial charge in [-0.05, 0) is 26.2 Å². The predicted molar refractivity (Wildman–Crippen MR) is 52.7 cm³/mol. The van der Waals surface area contributed by atoms with Crippen molar-refractivity contribution in [3.05, 3.63) is 24.3 Å². The van der Waals surface area contributed by atoms with Gasteiger partial charge in [-0.3, -0.25) is 0 Å². The van der Waals surface area contributed by atoms with Gasteiger partial charge in [0.2, 0.25) is 0 Å². The molecule has 0 N–H and O–H groups in total. The second-order valence-electron chi connectivity index (χ2n) is 2.77. The van der Waals surface area contributed by atoms with E-state index in [2.05, 4.69) is 38.2 Å². The zero-order valence-electron chi connectivity index (χ0n) is 7.84. The van der Waals surface area contributed by atoms with Gasteiger partial charge in [0.1, 0.15) is 0 Å². The first-order valence-corrected chi connectivity index (χ1v) is 4.68. The Hall–Kier alpha value is -0.520. The quantitative estimate of drug-likeness (QED) is 0.397. The predicted octanol–water partition coefficient (Wildman–Crippen LogP) is 4.09. The van der Waals surface area contributed by atoms with Crippen LogP contribution in [0.2, 0.25) is 0 Å². The first-order valence-electron chi connectivity index (χ1n) is 4.68. The van der Waals surface area contributed by atoms with Crippen LogP contribution < -0.4 is 0 Å². The molecule has 0 aromatic carbocycles. The van der Waals surface area contributed by atoms with Gasteiger partial charge < -0.3 is 0 Å². The van der Waals surface area contributed by atoms with Crippen LogP contribution in [0.5, 0.6) is 0 Å². The summed E-state index contributed by atoms with van der Waals surface area (Å²) >= 11 is 0. The van der Waals surface area contributed by atoms with Crippen molar-refractivity contribution in [2.24, 2.45) is 0 Å². The first-order chi connectivity index (χ1) is 5.41. The van der Waals surface area contributed by atoms with Crippen LogP contribution in [0.15, 0.2) is 24.3 Å². The summed E-state index contributed by atoms with van der Waals surface area (Å²) in [5.74, 6) is 0. The summed E-state index contributed by atoms with van der Waals surface area (Å²) in [6.45, 7) is 4.30.